The highest BCUT2D eigenvalue weighted by Gasteiger charge is 2.21. The van der Waals surface area contributed by atoms with Gasteiger partial charge in [-0.05, 0) is 6.07 Å². The van der Waals surface area contributed by atoms with Crippen molar-refractivity contribution >= 4 is 23.2 Å². The summed E-state index contributed by atoms with van der Waals surface area (Å²) < 4.78 is 4.68. The molecular formula is C8H7N3O4. The molecule has 0 fully saturated rings. The number of nitrogens with zero attached hydrogens (tertiary/aromatic N) is 1. The number of nitrogen functional groups attached to an aromatic ring is 1. The summed E-state index contributed by atoms with van der Waals surface area (Å²) >= 11 is 0. The molecule has 1 amide bonds. The van der Waals surface area contributed by atoms with Crippen molar-refractivity contribution in [2.45, 2.75) is 6.61 Å². The van der Waals surface area contributed by atoms with Crippen LogP contribution in [0.4, 0.5) is 21.9 Å². The van der Waals surface area contributed by atoms with Gasteiger partial charge in [0.2, 0.25) is 0 Å². The second-order valence-corrected chi connectivity index (χ2v) is 3.03. The van der Waals surface area contributed by atoms with E-state index in [1.54, 1.807) is 0 Å². The molecule has 78 valence electrons. The number of hydrogen-bond acceptors (Lipinski definition) is 5. The van der Waals surface area contributed by atoms with Gasteiger partial charge in [0.25, 0.3) is 5.69 Å². The number of cyclic esters (lactones) is 1. The van der Waals surface area contributed by atoms with E-state index in [9.17, 15) is 14.9 Å². The smallest absolute Gasteiger partial charge is 0.411 e. The lowest BCUT2D eigenvalue weighted by atomic mass is 10.1. The first-order valence-corrected chi connectivity index (χ1v) is 4.08. The minimum absolute atomic E-state index is 0.0542. The number of benzene rings is 1. The summed E-state index contributed by atoms with van der Waals surface area (Å²) in [7, 11) is 0. The maximum absolute atomic E-state index is 10.9. The van der Waals surface area contributed by atoms with Gasteiger partial charge in [0.05, 0.1) is 10.6 Å². The highest BCUT2D eigenvalue weighted by molar-refractivity contribution is 5.89. The van der Waals surface area contributed by atoms with E-state index in [2.05, 4.69) is 10.1 Å². The third-order valence-electron chi connectivity index (χ3n) is 2.04. The Bertz CT molecular complexity index is 457. The summed E-state index contributed by atoms with van der Waals surface area (Å²) in [6.07, 6.45) is -0.624. The van der Waals surface area contributed by atoms with E-state index in [0.29, 0.717) is 11.3 Å². The minimum atomic E-state index is -0.624. The van der Waals surface area contributed by atoms with E-state index in [-0.39, 0.29) is 18.0 Å². The molecule has 7 heteroatoms. The van der Waals surface area contributed by atoms with Gasteiger partial charge in [-0.3, -0.25) is 15.4 Å². The zero-order chi connectivity index (χ0) is 11.0. The van der Waals surface area contributed by atoms with Gasteiger partial charge in [-0.15, -0.1) is 0 Å². The molecule has 15 heavy (non-hydrogen) atoms. The van der Waals surface area contributed by atoms with Crippen molar-refractivity contribution in [2.75, 3.05) is 11.1 Å². The Labute approximate surface area is 84.0 Å². The molecule has 0 radical (unpaired) electrons. The second kappa shape index (κ2) is 3.12. The van der Waals surface area contributed by atoms with Crippen LogP contribution in [0.5, 0.6) is 0 Å². The number of rotatable bonds is 1. The third kappa shape index (κ3) is 1.54. The Morgan fingerprint density at radius 1 is 1.53 bits per heavy atom. The fourth-order valence-electron chi connectivity index (χ4n) is 1.34. The number of hydrogen-bond donors (Lipinski definition) is 2. The van der Waals surface area contributed by atoms with Crippen molar-refractivity contribution in [3.8, 4) is 0 Å². The third-order valence-corrected chi connectivity index (χ3v) is 2.04. The lowest BCUT2D eigenvalue weighted by Gasteiger charge is -2.17. The minimum Gasteiger partial charge on any atom is -0.444 e. The molecule has 3 N–H and O–H groups in total. The van der Waals surface area contributed by atoms with Crippen LogP contribution in [-0.2, 0) is 11.3 Å². The molecule has 0 saturated carbocycles. The van der Waals surface area contributed by atoms with Crippen LogP contribution in [0.3, 0.4) is 0 Å². The lowest BCUT2D eigenvalue weighted by Crippen LogP contribution is -2.20. The van der Waals surface area contributed by atoms with Crippen LogP contribution in [0.15, 0.2) is 12.1 Å². The number of carbonyl (C=O) groups excluding carboxylic acids is 1. The number of ether oxygens (including phenoxy) is 1. The standard InChI is InChI=1S/C8H7N3O4/c9-5-1-4-3-15-8(12)10-6(4)2-7(5)11(13)14/h1-2H,3,9H2,(H,10,12). The fraction of sp³-hybridized carbons (Fsp3) is 0.125. The predicted molar refractivity (Wildman–Crippen MR) is 51.3 cm³/mol. The molecule has 0 atom stereocenters. The molecule has 1 aromatic carbocycles. The van der Waals surface area contributed by atoms with Gasteiger partial charge >= 0.3 is 6.09 Å². The highest BCUT2D eigenvalue weighted by atomic mass is 16.6. The monoisotopic (exact) mass is 209 g/mol. The summed E-state index contributed by atoms with van der Waals surface area (Å²) in [4.78, 5) is 20.8. The predicted octanol–water partition coefficient (Wildman–Crippen LogP) is 1.24. The van der Waals surface area contributed by atoms with Crippen molar-refractivity contribution in [3.05, 3.63) is 27.8 Å². The number of nitrogens with one attached hydrogen (secondary N) is 1. The maximum Gasteiger partial charge on any atom is 0.411 e. The molecule has 0 saturated heterocycles. The Hall–Kier alpha value is -2.31. The van der Waals surface area contributed by atoms with Crippen molar-refractivity contribution < 1.29 is 14.5 Å². The maximum atomic E-state index is 10.9. The summed E-state index contributed by atoms with van der Waals surface area (Å²) in [5.74, 6) is 0. The van der Waals surface area contributed by atoms with Crippen molar-refractivity contribution in [3.63, 3.8) is 0 Å². The molecule has 0 spiro atoms. The van der Waals surface area contributed by atoms with Crippen LogP contribution >= 0.6 is 0 Å². The summed E-state index contributed by atoms with van der Waals surface area (Å²) in [5.41, 5.74) is 6.29. The van der Waals surface area contributed by atoms with E-state index in [1.165, 1.54) is 12.1 Å². The van der Waals surface area contributed by atoms with Crippen LogP contribution in [0.1, 0.15) is 5.56 Å². The molecule has 0 aromatic heterocycles. The van der Waals surface area contributed by atoms with E-state index >= 15 is 0 Å². The first-order chi connectivity index (χ1) is 7.08. The summed E-state index contributed by atoms with van der Waals surface area (Å²) in [6.45, 7) is 0.0728. The van der Waals surface area contributed by atoms with Gasteiger partial charge in [-0.25, -0.2) is 4.79 Å². The van der Waals surface area contributed by atoms with Gasteiger partial charge in [0, 0.05) is 11.6 Å². The largest absolute Gasteiger partial charge is 0.444 e. The Balaban J connectivity index is 2.51. The number of carbonyl (C=O) groups is 1. The molecule has 0 aliphatic carbocycles. The number of amides is 1. The number of nitro groups is 1. The van der Waals surface area contributed by atoms with Crippen molar-refractivity contribution in [2.24, 2.45) is 0 Å². The highest BCUT2D eigenvalue weighted by Crippen LogP contribution is 2.31. The molecular weight excluding hydrogens is 202 g/mol. The normalized spacial score (nSPS) is 13.7. The Morgan fingerprint density at radius 2 is 2.27 bits per heavy atom. The van der Waals surface area contributed by atoms with Crippen molar-refractivity contribution in [1.82, 2.24) is 0 Å². The zero-order valence-electron chi connectivity index (χ0n) is 7.52. The van der Waals surface area contributed by atoms with Crippen molar-refractivity contribution in [1.29, 1.82) is 0 Å². The van der Waals surface area contributed by atoms with Crippen LogP contribution in [0.2, 0.25) is 0 Å². The fourth-order valence-corrected chi connectivity index (χ4v) is 1.34. The average Bonchev–Trinajstić information content (AvgIpc) is 2.17. The molecule has 1 aliphatic rings. The van der Waals surface area contributed by atoms with Gasteiger partial charge in [0.1, 0.15) is 12.3 Å². The molecule has 7 nitrogen and oxygen atoms in total. The SMILES string of the molecule is Nc1cc2c(cc1[N+](=O)[O-])NC(=O)OC2. The van der Waals surface area contributed by atoms with Gasteiger partial charge < -0.3 is 10.5 Å². The molecule has 0 unspecified atom stereocenters. The van der Waals surface area contributed by atoms with Crippen LogP contribution in [-0.4, -0.2) is 11.0 Å². The zero-order valence-corrected chi connectivity index (χ0v) is 7.52. The van der Waals surface area contributed by atoms with Crippen LogP contribution in [0.25, 0.3) is 0 Å². The van der Waals surface area contributed by atoms with Crippen LogP contribution < -0.4 is 11.1 Å². The van der Waals surface area contributed by atoms with E-state index in [1.807, 2.05) is 0 Å². The summed E-state index contributed by atoms with van der Waals surface area (Å²) in [5, 5.41) is 12.9. The number of nitro benzene ring substituents is 1. The topological polar surface area (TPSA) is 107 Å². The first-order valence-electron chi connectivity index (χ1n) is 4.08. The molecule has 1 heterocycles. The summed E-state index contributed by atoms with van der Waals surface area (Å²) in [6, 6.07) is 2.65. The second-order valence-electron chi connectivity index (χ2n) is 3.03. The first kappa shape index (κ1) is 9.25. The molecule has 1 aliphatic heterocycles. The van der Waals surface area contributed by atoms with Crippen LogP contribution in [0, 0.1) is 10.1 Å². The van der Waals surface area contributed by atoms with E-state index in [0.717, 1.165) is 0 Å². The number of nitrogens with two attached hydrogens (primary N) is 1. The number of anilines is 2. The molecule has 0 bridgehead atoms. The van der Waals surface area contributed by atoms with E-state index in [4.69, 9.17) is 5.73 Å². The van der Waals surface area contributed by atoms with Gasteiger partial charge in [-0.1, -0.05) is 0 Å². The van der Waals surface area contributed by atoms with E-state index < -0.39 is 11.0 Å². The molecule has 2 rings (SSSR count). The van der Waals surface area contributed by atoms with Gasteiger partial charge in [0.15, 0.2) is 0 Å². The quantitative estimate of drug-likeness (QED) is 0.411. The average molecular weight is 209 g/mol. The Morgan fingerprint density at radius 3 is 2.93 bits per heavy atom. The number of fused-ring (bicyclic) bond motifs is 1. The lowest BCUT2D eigenvalue weighted by molar-refractivity contribution is -0.383. The molecule has 1 aromatic rings. The van der Waals surface area contributed by atoms with Gasteiger partial charge in [-0.2, -0.15) is 0 Å². The Kier molecular flexibility index (Phi) is 1.93.